The van der Waals surface area contributed by atoms with Crippen LogP contribution in [0, 0.1) is 0 Å². The summed E-state index contributed by atoms with van der Waals surface area (Å²) in [4.78, 5) is 14.0. The number of piperidine rings is 1. The van der Waals surface area contributed by atoms with Gasteiger partial charge in [-0.25, -0.2) is 0 Å². The monoisotopic (exact) mass is 265 g/mol. The zero-order chi connectivity index (χ0) is 13.8. The number of nitrogens with zero attached hydrogens (tertiary/aromatic N) is 3. The summed E-state index contributed by atoms with van der Waals surface area (Å²) in [6.07, 6.45) is 6.38. The quantitative estimate of drug-likeness (QED) is 0.818. The van der Waals surface area contributed by atoms with Gasteiger partial charge in [-0.15, -0.1) is 0 Å². The van der Waals surface area contributed by atoms with E-state index in [1.54, 1.807) is 4.68 Å². The molecule has 2 heterocycles. The minimum Gasteiger partial charge on any atom is -0.367 e. The second-order valence-electron chi connectivity index (χ2n) is 5.41. The minimum atomic E-state index is -0.0852. The van der Waals surface area contributed by atoms with Crippen LogP contribution in [0.1, 0.15) is 26.2 Å². The first-order chi connectivity index (χ1) is 9.04. The van der Waals surface area contributed by atoms with E-state index in [9.17, 15) is 4.79 Å². The zero-order valence-corrected chi connectivity index (χ0v) is 11.7. The average molecular weight is 265 g/mol. The minimum absolute atomic E-state index is 0.0491. The summed E-state index contributed by atoms with van der Waals surface area (Å²) in [5.74, 6) is 0.0491. The van der Waals surface area contributed by atoms with Crippen LogP contribution in [0.25, 0.3) is 0 Å². The van der Waals surface area contributed by atoms with Crippen molar-refractivity contribution in [2.24, 2.45) is 12.8 Å². The summed E-state index contributed by atoms with van der Waals surface area (Å²) in [5, 5.41) is 7.26. The molecule has 1 saturated heterocycles. The van der Waals surface area contributed by atoms with Gasteiger partial charge in [-0.05, 0) is 19.8 Å². The third-order valence-electron chi connectivity index (χ3n) is 3.35. The van der Waals surface area contributed by atoms with Gasteiger partial charge in [-0.3, -0.25) is 9.48 Å². The molecule has 1 aliphatic rings. The van der Waals surface area contributed by atoms with E-state index in [1.165, 1.54) is 0 Å². The molecular formula is C13H23N5O. The SMILES string of the molecule is CC(N)CC(=O)NC1CCCN(c2cnn(C)c2)C1. The molecule has 0 radical (unpaired) electrons. The molecule has 2 atom stereocenters. The fourth-order valence-corrected chi connectivity index (χ4v) is 2.48. The van der Waals surface area contributed by atoms with Crippen molar-refractivity contribution in [3.05, 3.63) is 12.4 Å². The van der Waals surface area contributed by atoms with E-state index in [4.69, 9.17) is 5.73 Å². The maximum Gasteiger partial charge on any atom is 0.221 e. The predicted molar refractivity (Wildman–Crippen MR) is 74.9 cm³/mol. The first kappa shape index (κ1) is 13.9. The van der Waals surface area contributed by atoms with Crippen LogP contribution in [0.4, 0.5) is 5.69 Å². The van der Waals surface area contributed by atoms with Crippen LogP contribution in [0.5, 0.6) is 0 Å². The highest BCUT2D eigenvalue weighted by Crippen LogP contribution is 2.18. The van der Waals surface area contributed by atoms with Gasteiger partial charge in [0, 0.05) is 44.8 Å². The van der Waals surface area contributed by atoms with Gasteiger partial charge < -0.3 is 16.0 Å². The Labute approximate surface area is 113 Å². The number of rotatable bonds is 4. The second kappa shape index (κ2) is 6.06. The van der Waals surface area contributed by atoms with Crippen molar-refractivity contribution in [1.82, 2.24) is 15.1 Å². The van der Waals surface area contributed by atoms with Gasteiger partial charge in [-0.2, -0.15) is 5.10 Å². The molecule has 2 rings (SSSR count). The van der Waals surface area contributed by atoms with Crippen molar-refractivity contribution in [2.75, 3.05) is 18.0 Å². The standard InChI is InChI=1S/C13H23N5O/c1-10(14)6-13(19)16-11-4-3-5-18(8-11)12-7-15-17(2)9-12/h7,9-11H,3-6,8,14H2,1-2H3,(H,16,19). The van der Waals surface area contributed by atoms with Gasteiger partial charge in [0.2, 0.25) is 5.91 Å². The van der Waals surface area contributed by atoms with Crippen LogP contribution in [-0.2, 0) is 11.8 Å². The number of aromatic nitrogens is 2. The molecule has 0 bridgehead atoms. The van der Waals surface area contributed by atoms with Crippen molar-refractivity contribution in [1.29, 1.82) is 0 Å². The lowest BCUT2D eigenvalue weighted by Gasteiger charge is -2.33. The van der Waals surface area contributed by atoms with Gasteiger partial charge in [0.25, 0.3) is 0 Å². The number of nitrogens with one attached hydrogen (secondary N) is 1. The molecule has 1 amide bonds. The molecule has 0 spiro atoms. The topological polar surface area (TPSA) is 76.2 Å². The molecule has 19 heavy (non-hydrogen) atoms. The molecular weight excluding hydrogens is 242 g/mol. The average Bonchev–Trinajstić information content (AvgIpc) is 2.75. The van der Waals surface area contributed by atoms with Gasteiger partial charge >= 0.3 is 0 Å². The summed E-state index contributed by atoms with van der Waals surface area (Å²) in [7, 11) is 1.91. The highest BCUT2D eigenvalue weighted by molar-refractivity contribution is 5.76. The summed E-state index contributed by atoms with van der Waals surface area (Å²) >= 11 is 0. The molecule has 3 N–H and O–H groups in total. The zero-order valence-electron chi connectivity index (χ0n) is 11.7. The Balaban J connectivity index is 1.88. The molecule has 6 nitrogen and oxygen atoms in total. The van der Waals surface area contributed by atoms with Crippen LogP contribution in [0.2, 0.25) is 0 Å². The highest BCUT2D eigenvalue weighted by Gasteiger charge is 2.22. The molecule has 106 valence electrons. The van der Waals surface area contributed by atoms with Crippen molar-refractivity contribution >= 4 is 11.6 Å². The lowest BCUT2D eigenvalue weighted by molar-refractivity contribution is -0.122. The summed E-state index contributed by atoms with van der Waals surface area (Å²) in [6.45, 7) is 3.71. The van der Waals surface area contributed by atoms with Crippen LogP contribution in [0.15, 0.2) is 12.4 Å². The third kappa shape index (κ3) is 3.96. The molecule has 1 aromatic rings. The maximum absolute atomic E-state index is 11.7. The van der Waals surface area contributed by atoms with Crippen molar-refractivity contribution < 1.29 is 4.79 Å². The fourth-order valence-electron chi connectivity index (χ4n) is 2.48. The molecule has 1 aliphatic heterocycles. The summed E-state index contributed by atoms with van der Waals surface area (Å²) < 4.78 is 1.80. The fraction of sp³-hybridized carbons (Fsp3) is 0.692. The Morgan fingerprint density at radius 1 is 1.68 bits per heavy atom. The van der Waals surface area contributed by atoms with Crippen LogP contribution >= 0.6 is 0 Å². The molecule has 1 aromatic heterocycles. The lowest BCUT2D eigenvalue weighted by atomic mass is 10.0. The molecule has 6 heteroatoms. The molecule has 2 unspecified atom stereocenters. The van der Waals surface area contributed by atoms with E-state index < -0.39 is 0 Å². The highest BCUT2D eigenvalue weighted by atomic mass is 16.1. The molecule has 0 aliphatic carbocycles. The maximum atomic E-state index is 11.7. The Morgan fingerprint density at radius 2 is 2.47 bits per heavy atom. The van der Waals surface area contributed by atoms with E-state index >= 15 is 0 Å². The number of aryl methyl sites for hydroxylation is 1. The van der Waals surface area contributed by atoms with Gasteiger partial charge in [0.15, 0.2) is 0 Å². The van der Waals surface area contributed by atoms with Gasteiger partial charge in [0.1, 0.15) is 0 Å². The Bertz CT molecular complexity index is 428. The van der Waals surface area contributed by atoms with E-state index in [0.717, 1.165) is 31.6 Å². The summed E-state index contributed by atoms with van der Waals surface area (Å²) in [5.41, 5.74) is 6.76. The normalized spacial score (nSPS) is 21.2. The van der Waals surface area contributed by atoms with E-state index in [-0.39, 0.29) is 18.0 Å². The number of amides is 1. The Morgan fingerprint density at radius 3 is 3.11 bits per heavy atom. The molecule has 0 saturated carbocycles. The van der Waals surface area contributed by atoms with Crippen molar-refractivity contribution in [3.8, 4) is 0 Å². The number of nitrogens with two attached hydrogens (primary N) is 1. The molecule has 1 fully saturated rings. The molecule has 0 aromatic carbocycles. The van der Waals surface area contributed by atoms with E-state index in [2.05, 4.69) is 15.3 Å². The van der Waals surface area contributed by atoms with Crippen LogP contribution < -0.4 is 16.0 Å². The third-order valence-corrected chi connectivity index (χ3v) is 3.35. The smallest absolute Gasteiger partial charge is 0.221 e. The predicted octanol–water partition coefficient (Wildman–Crippen LogP) is 0.242. The Kier molecular flexibility index (Phi) is 4.42. The number of carbonyl (C=O) groups is 1. The lowest BCUT2D eigenvalue weighted by Crippen LogP contribution is -2.48. The first-order valence-electron chi connectivity index (χ1n) is 6.83. The summed E-state index contributed by atoms with van der Waals surface area (Å²) in [6, 6.07) is 0.123. The second-order valence-corrected chi connectivity index (χ2v) is 5.41. The van der Waals surface area contributed by atoms with Gasteiger partial charge in [-0.1, -0.05) is 0 Å². The number of hydrogen-bond donors (Lipinski definition) is 2. The number of carbonyl (C=O) groups excluding carboxylic acids is 1. The van der Waals surface area contributed by atoms with Gasteiger partial charge in [0.05, 0.1) is 11.9 Å². The Hall–Kier alpha value is -1.56. The van der Waals surface area contributed by atoms with Crippen molar-refractivity contribution in [3.63, 3.8) is 0 Å². The first-order valence-corrected chi connectivity index (χ1v) is 6.83. The van der Waals surface area contributed by atoms with E-state index in [1.807, 2.05) is 26.4 Å². The number of hydrogen-bond acceptors (Lipinski definition) is 4. The number of anilines is 1. The van der Waals surface area contributed by atoms with Crippen LogP contribution in [-0.4, -0.2) is 40.9 Å². The van der Waals surface area contributed by atoms with Crippen molar-refractivity contribution in [2.45, 2.75) is 38.3 Å². The van der Waals surface area contributed by atoms with Crippen LogP contribution in [0.3, 0.4) is 0 Å². The largest absolute Gasteiger partial charge is 0.367 e. The van der Waals surface area contributed by atoms with E-state index in [0.29, 0.717) is 6.42 Å².